The second-order valence-corrected chi connectivity index (χ2v) is 8.07. The Hall–Kier alpha value is -3.46. The van der Waals surface area contributed by atoms with Crippen LogP contribution in [0.3, 0.4) is 0 Å². The van der Waals surface area contributed by atoms with Gasteiger partial charge >= 0.3 is 5.97 Å². The molecular weight excluding hydrogens is 426 g/mol. The number of carbonyl (C=O) groups excluding carboxylic acids is 3. The molecule has 0 fully saturated rings. The molecule has 0 radical (unpaired) electrons. The Morgan fingerprint density at radius 1 is 1.10 bits per heavy atom. The number of rotatable bonds is 7. The molecule has 0 heterocycles. The zero-order valence-corrected chi connectivity index (χ0v) is 18.0. The van der Waals surface area contributed by atoms with Gasteiger partial charge in [0.25, 0.3) is 17.5 Å². The molecule has 2 amide bonds. The summed E-state index contributed by atoms with van der Waals surface area (Å²) >= 11 is 5.79. The molecule has 0 saturated carbocycles. The van der Waals surface area contributed by atoms with E-state index in [1.54, 1.807) is 12.1 Å². The summed E-state index contributed by atoms with van der Waals surface area (Å²) in [7, 11) is 0. The summed E-state index contributed by atoms with van der Waals surface area (Å²) in [6, 6.07) is 10.7. The fourth-order valence-electron chi connectivity index (χ4n) is 2.53. The molecule has 0 atom stereocenters. The Morgan fingerprint density at radius 3 is 2.32 bits per heavy atom. The highest BCUT2D eigenvalue weighted by Crippen LogP contribution is 2.27. The predicted octanol–water partition coefficient (Wildman–Crippen LogP) is 3.46. The minimum atomic E-state index is -0.838. The lowest BCUT2D eigenvalue weighted by atomic mass is 9.87. The Morgan fingerprint density at radius 2 is 1.74 bits per heavy atom. The molecule has 0 aromatic heterocycles. The maximum Gasteiger partial charge on any atom is 0.325 e. The number of nitro groups is 1. The molecule has 9 nitrogen and oxygen atoms in total. The van der Waals surface area contributed by atoms with Crippen LogP contribution in [-0.2, 0) is 19.7 Å². The van der Waals surface area contributed by atoms with Crippen molar-refractivity contribution in [1.82, 2.24) is 5.32 Å². The monoisotopic (exact) mass is 447 g/mol. The molecule has 0 saturated heterocycles. The first-order valence-electron chi connectivity index (χ1n) is 9.25. The first kappa shape index (κ1) is 23.8. The van der Waals surface area contributed by atoms with E-state index < -0.39 is 35.9 Å². The number of carbonyl (C=O) groups is 3. The van der Waals surface area contributed by atoms with Crippen molar-refractivity contribution in [3.8, 4) is 0 Å². The van der Waals surface area contributed by atoms with E-state index in [9.17, 15) is 24.5 Å². The summed E-state index contributed by atoms with van der Waals surface area (Å²) < 4.78 is 4.79. The molecule has 164 valence electrons. The van der Waals surface area contributed by atoms with Crippen LogP contribution in [0.5, 0.6) is 0 Å². The van der Waals surface area contributed by atoms with Gasteiger partial charge in [0.15, 0.2) is 6.61 Å². The van der Waals surface area contributed by atoms with Gasteiger partial charge in [0.05, 0.1) is 4.92 Å². The molecule has 0 aliphatic heterocycles. The van der Waals surface area contributed by atoms with E-state index in [1.807, 2.05) is 12.1 Å². The number of nitrogens with one attached hydrogen (secondary N) is 2. The summed E-state index contributed by atoms with van der Waals surface area (Å²) in [5.74, 6) is -2.09. The van der Waals surface area contributed by atoms with Gasteiger partial charge in [-0.2, -0.15) is 0 Å². The number of anilines is 1. The van der Waals surface area contributed by atoms with Crippen LogP contribution in [0.15, 0.2) is 42.5 Å². The lowest BCUT2D eigenvalue weighted by Crippen LogP contribution is -2.32. The van der Waals surface area contributed by atoms with Crippen LogP contribution >= 0.6 is 11.6 Å². The molecule has 10 heteroatoms. The van der Waals surface area contributed by atoms with Gasteiger partial charge in [0.2, 0.25) is 0 Å². The van der Waals surface area contributed by atoms with Crippen LogP contribution in [-0.4, -0.2) is 35.9 Å². The number of nitro benzene ring substituents is 1. The van der Waals surface area contributed by atoms with E-state index >= 15 is 0 Å². The average Bonchev–Trinajstić information content (AvgIpc) is 2.69. The Balaban J connectivity index is 1.83. The Kier molecular flexibility index (Phi) is 7.71. The number of ether oxygens (including phenoxy) is 1. The maximum absolute atomic E-state index is 12.1. The van der Waals surface area contributed by atoms with Crippen LogP contribution in [0.1, 0.15) is 36.7 Å². The number of hydrogen-bond donors (Lipinski definition) is 2. The van der Waals surface area contributed by atoms with Crippen LogP contribution in [0.2, 0.25) is 5.02 Å². The van der Waals surface area contributed by atoms with Crippen LogP contribution in [0, 0.1) is 10.1 Å². The molecule has 0 aliphatic carbocycles. The smallest absolute Gasteiger partial charge is 0.325 e. The van der Waals surface area contributed by atoms with Crippen LogP contribution < -0.4 is 10.6 Å². The highest BCUT2D eigenvalue weighted by atomic mass is 35.5. The summed E-state index contributed by atoms with van der Waals surface area (Å²) in [6.07, 6.45) is 0. The zero-order valence-electron chi connectivity index (χ0n) is 17.2. The Bertz CT molecular complexity index is 999. The van der Waals surface area contributed by atoms with Gasteiger partial charge in [-0.1, -0.05) is 44.5 Å². The zero-order chi connectivity index (χ0) is 23.2. The first-order chi connectivity index (χ1) is 14.5. The summed E-state index contributed by atoms with van der Waals surface area (Å²) in [6.45, 7) is 5.04. The minimum Gasteiger partial charge on any atom is -0.454 e. The second-order valence-electron chi connectivity index (χ2n) is 7.64. The number of amides is 2. The van der Waals surface area contributed by atoms with Gasteiger partial charge in [0, 0.05) is 16.7 Å². The van der Waals surface area contributed by atoms with E-state index in [0.29, 0.717) is 5.56 Å². The lowest BCUT2D eigenvalue weighted by molar-refractivity contribution is -0.383. The largest absolute Gasteiger partial charge is 0.454 e. The van der Waals surface area contributed by atoms with Gasteiger partial charge in [-0.05, 0) is 35.2 Å². The van der Waals surface area contributed by atoms with Crippen molar-refractivity contribution in [2.45, 2.75) is 26.2 Å². The molecule has 0 aliphatic rings. The molecular formula is C21H22ClN3O6. The van der Waals surface area contributed by atoms with Crippen molar-refractivity contribution >= 4 is 40.8 Å². The minimum absolute atomic E-state index is 0.0507. The third-order valence-electron chi connectivity index (χ3n) is 4.20. The van der Waals surface area contributed by atoms with Gasteiger partial charge in [-0.15, -0.1) is 0 Å². The van der Waals surface area contributed by atoms with Crippen molar-refractivity contribution in [3.63, 3.8) is 0 Å². The standard InChI is InChI=1S/C21H22ClN3O6/c1-21(2,3)14-6-4-13(5-7-14)20(28)23-11-19(27)31-12-18(26)24-16-10-15(22)8-9-17(16)25(29)30/h4-10H,11-12H2,1-3H3,(H,23,28)(H,24,26). The normalized spacial score (nSPS) is 10.8. The van der Waals surface area contributed by atoms with Crippen molar-refractivity contribution < 1.29 is 24.0 Å². The first-order valence-corrected chi connectivity index (χ1v) is 9.63. The fourth-order valence-corrected chi connectivity index (χ4v) is 2.70. The number of esters is 1. The van der Waals surface area contributed by atoms with E-state index in [0.717, 1.165) is 11.6 Å². The van der Waals surface area contributed by atoms with Gasteiger partial charge in [0.1, 0.15) is 12.2 Å². The topological polar surface area (TPSA) is 128 Å². The van der Waals surface area contributed by atoms with Crippen LogP contribution in [0.4, 0.5) is 11.4 Å². The SMILES string of the molecule is CC(C)(C)c1ccc(C(=O)NCC(=O)OCC(=O)Nc2cc(Cl)ccc2[N+](=O)[O-])cc1. The van der Waals surface area contributed by atoms with E-state index in [-0.39, 0.29) is 21.8 Å². The van der Waals surface area contributed by atoms with Crippen molar-refractivity contribution in [3.05, 3.63) is 68.7 Å². The van der Waals surface area contributed by atoms with E-state index in [1.165, 1.54) is 12.1 Å². The van der Waals surface area contributed by atoms with Gasteiger partial charge in [-0.25, -0.2) is 0 Å². The molecule has 0 bridgehead atoms. The lowest BCUT2D eigenvalue weighted by Gasteiger charge is -2.19. The highest BCUT2D eigenvalue weighted by molar-refractivity contribution is 6.31. The summed E-state index contributed by atoms with van der Waals surface area (Å²) in [4.78, 5) is 46.2. The third kappa shape index (κ3) is 7.07. The van der Waals surface area contributed by atoms with Crippen LogP contribution in [0.25, 0.3) is 0 Å². The number of hydrogen-bond acceptors (Lipinski definition) is 6. The number of benzene rings is 2. The summed E-state index contributed by atoms with van der Waals surface area (Å²) in [5.41, 5.74) is 0.922. The molecule has 2 aromatic carbocycles. The molecule has 0 spiro atoms. The molecule has 2 N–H and O–H groups in total. The van der Waals surface area contributed by atoms with Gasteiger partial charge < -0.3 is 15.4 Å². The average molecular weight is 448 g/mol. The predicted molar refractivity (Wildman–Crippen MR) is 115 cm³/mol. The Labute approximate surface area is 183 Å². The summed E-state index contributed by atoms with van der Waals surface area (Å²) in [5, 5.41) is 15.9. The number of halogens is 1. The second kappa shape index (κ2) is 10.0. The van der Waals surface area contributed by atoms with Gasteiger partial charge in [-0.3, -0.25) is 24.5 Å². The van der Waals surface area contributed by atoms with Crippen molar-refractivity contribution in [1.29, 1.82) is 0 Å². The van der Waals surface area contributed by atoms with Crippen molar-refractivity contribution in [2.24, 2.45) is 0 Å². The molecule has 31 heavy (non-hydrogen) atoms. The van der Waals surface area contributed by atoms with E-state index in [2.05, 4.69) is 31.4 Å². The van der Waals surface area contributed by atoms with E-state index in [4.69, 9.17) is 16.3 Å². The number of nitrogens with zero attached hydrogens (tertiary/aromatic N) is 1. The highest BCUT2D eigenvalue weighted by Gasteiger charge is 2.18. The molecule has 2 rings (SSSR count). The third-order valence-corrected chi connectivity index (χ3v) is 4.44. The quantitative estimate of drug-likeness (QED) is 0.380. The van der Waals surface area contributed by atoms with Crippen molar-refractivity contribution in [2.75, 3.05) is 18.5 Å². The maximum atomic E-state index is 12.1. The fraction of sp³-hybridized carbons (Fsp3) is 0.286. The molecule has 2 aromatic rings. The molecule has 0 unspecified atom stereocenters.